The van der Waals surface area contributed by atoms with Crippen LogP contribution in [0.25, 0.3) is 11.5 Å². The van der Waals surface area contributed by atoms with E-state index in [1.54, 1.807) is 18.3 Å². The number of hydrogen-bond acceptors (Lipinski definition) is 6. The van der Waals surface area contributed by atoms with Crippen molar-refractivity contribution in [2.45, 2.75) is 31.8 Å². The number of carbonyl (C=O) groups excluding carboxylic acids is 1. The van der Waals surface area contributed by atoms with Crippen LogP contribution in [-0.4, -0.2) is 73.0 Å². The SMILES string of the molecule is Cc1cccc(N2CCN(C(=O)C3CCCN(S(=O)(=O)c4ccc(-c5ccn[nH]5)o4)C3)CC2)c1C. The van der Waals surface area contributed by atoms with Crippen molar-refractivity contribution in [3.63, 3.8) is 0 Å². The van der Waals surface area contributed by atoms with Crippen molar-refractivity contribution in [1.29, 1.82) is 0 Å². The van der Waals surface area contributed by atoms with Gasteiger partial charge in [-0.3, -0.25) is 9.89 Å². The van der Waals surface area contributed by atoms with Crippen molar-refractivity contribution in [2.75, 3.05) is 44.2 Å². The number of rotatable bonds is 5. The number of piperazine rings is 1. The minimum Gasteiger partial charge on any atom is -0.442 e. The number of piperidine rings is 1. The summed E-state index contributed by atoms with van der Waals surface area (Å²) in [6.07, 6.45) is 2.92. The molecule has 1 atom stereocenters. The summed E-state index contributed by atoms with van der Waals surface area (Å²) in [7, 11) is -3.83. The summed E-state index contributed by atoms with van der Waals surface area (Å²) in [5, 5.41) is 6.53. The van der Waals surface area contributed by atoms with Crippen LogP contribution >= 0.6 is 0 Å². The van der Waals surface area contributed by atoms with Gasteiger partial charge in [-0.15, -0.1) is 0 Å². The van der Waals surface area contributed by atoms with Crippen molar-refractivity contribution < 1.29 is 17.6 Å². The predicted octanol–water partition coefficient (Wildman–Crippen LogP) is 3.04. The summed E-state index contributed by atoms with van der Waals surface area (Å²) >= 11 is 0. The van der Waals surface area contributed by atoms with Crippen LogP contribution < -0.4 is 4.90 Å². The van der Waals surface area contributed by atoms with Gasteiger partial charge in [0.2, 0.25) is 11.0 Å². The van der Waals surface area contributed by atoms with Gasteiger partial charge in [0.1, 0.15) is 5.69 Å². The molecule has 2 aliphatic heterocycles. The molecule has 2 aliphatic rings. The monoisotopic (exact) mass is 497 g/mol. The van der Waals surface area contributed by atoms with Crippen molar-refractivity contribution in [3.05, 3.63) is 53.7 Å². The lowest BCUT2D eigenvalue weighted by Gasteiger charge is -2.39. The summed E-state index contributed by atoms with van der Waals surface area (Å²) in [4.78, 5) is 17.6. The summed E-state index contributed by atoms with van der Waals surface area (Å²) < 4.78 is 33.5. The van der Waals surface area contributed by atoms with E-state index in [1.807, 2.05) is 4.90 Å². The Morgan fingerprint density at radius 2 is 1.86 bits per heavy atom. The molecule has 0 aliphatic carbocycles. The van der Waals surface area contributed by atoms with Crippen LogP contribution in [0.1, 0.15) is 24.0 Å². The Hall–Kier alpha value is -3.11. The summed E-state index contributed by atoms with van der Waals surface area (Å²) in [5.41, 5.74) is 4.37. The molecule has 0 saturated carbocycles. The molecule has 5 rings (SSSR count). The van der Waals surface area contributed by atoms with E-state index in [2.05, 4.69) is 47.1 Å². The van der Waals surface area contributed by atoms with Gasteiger partial charge in [-0.1, -0.05) is 12.1 Å². The van der Waals surface area contributed by atoms with E-state index < -0.39 is 10.0 Å². The molecule has 0 bridgehead atoms. The fraction of sp³-hybridized carbons (Fsp3) is 0.440. The highest BCUT2D eigenvalue weighted by atomic mass is 32.2. The maximum absolute atomic E-state index is 13.3. The molecular weight excluding hydrogens is 466 g/mol. The van der Waals surface area contributed by atoms with Crippen LogP contribution in [0.2, 0.25) is 0 Å². The Kier molecular flexibility index (Phi) is 6.41. The number of H-pyrrole nitrogens is 1. The molecule has 2 aromatic heterocycles. The molecule has 0 radical (unpaired) electrons. The minimum absolute atomic E-state index is 0.0445. The number of carbonyl (C=O) groups is 1. The van der Waals surface area contributed by atoms with Crippen LogP contribution in [0.3, 0.4) is 0 Å². The van der Waals surface area contributed by atoms with E-state index in [0.29, 0.717) is 43.9 Å². The number of hydrogen-bond donors (Lipinski definition) is 1. The van der Waals surface area contributed by atoms with E-state index in [-0.39, 0.29) is 23.5 Å². The number of nitrogens with one attached hydrogen (secondary N) is 1. The fourth-order valence-corrected chi connectivity index (χ4v) is 6.43. The third-order valence-corrected chi connectivity index (χ3v) is 8.92. The van der Waals surface area contributed by atoms with Crippen LogP contribution in [0, 0.1) is 19.8 Å². The molecule has 9 nitrogen and oxygen atoms in total. The molecule has 1 amide bonds. The van der Waals surface area contributed by atoms with Gasteiger partial charge in [-0.25, -0.2) is 8.42 Å². The number of aromatic nitrogens is 2. The van der Waals surface area contributed by atoms with Crippen molar-refractivity contribution in [2.24, 2.45) is 5.92 Å². The molecule has 186 valence electrons. The predicted molar refractivity (Wildman–Crippen MR) is 132 cm³/mol. The van der Waals surface area contributed by atoms with Crippen LogP contribution in [0.5, 0.6) is 0 Å². The summed E-state index contributed by atoms with van der Waals surface area (Å²) in [6, 6.07) is 11.1. The van der Waals surface area contributed by atoms with Crippen LogP contribution in [0.15, 0.2) is 52.1 Å². The van der Waals surface area contributed by atoms with E-state index in [1.165, 1.54) is 27.2 Å². The topological polar surface area (TPSA) is 103 Å². The lowest BCUT2D eigenvalue weighted by Crippen LogP contribution is -2.53. The molecule has 1 unspecified atom stereocenters. The number of aromatic amines is 1. The maximum Gasteiger partial charge on any atom is 0.276 e. The standard InChI is InChI=1S/C25H31N5O4S/c1-18-5-3-7-22(19(18)2)28-13-15-29(16-14-28)25(31)20-6-4-12-30(17-20)35(32,33)24-9-8-23(34-24)21-10-11-26-27-21/h3,5,7-11,20H,4,6,12-17H2,1-2H3,(H,26,27). The van der Waals surface area contributed by atoms with E-state index >= 15 is 0 Å². The van der Waals surface area contributed by atoms with E-state index in [0.717, 1.165) is 13.1 Å². The lowest BCUT2D eigenvalue weighted by atomic mass is 9.97. The second-order valence-corrected chi connectivity index (χ2v) is 11.2. The highest BCUT2D eigenvalue weighted by Crippen LogP contribution is 2.29. The van der Waals surface area contributed by atoms with Gasteiger partial charge in [-0.05, 0) is 62.1 Å². The Labute approximate surface area is 205 Å². The number of anilines is 1. The van der Waals surface area contributed by atoms with Gasteiger partial charge in [-0.2, -0.15) is 9.40 Å². The number of aryl methyl sites for hydroxylation is 1. The Bertz CT molecular complexity index is 1290. The Balaban J connectivity index is 1.23. The molecule has 2 saturated heterocycles. The highest BCUT2D eigenvalue weighted by Gasteiger charge is 2.37. The maximum atomic E-state index is 13.3. The smallest absolute Gasteiger partial charge is 0.276 e. The third-order valence-electron chi connectivity index (χ3n) is 7.18. The molecule has 2 fully saturated rings. The van der Waals surface area contributed by atoms with E-state index in [4.69, 9.17) is 4.42 Å². The zero-order valence-corrected chi connectivity index (χ0v) is 20.9. The number of amides is 1. The normalized spacial score (nSPS) is 19.8. The zero-order valence-electron chi connectivity index (χ0n) is 20.1. The van der Waals surface area contributed by atoms with Gasteiger partial charge in [0.25, 0.3) is 10.0 Å². The average Bonchev–Trinajstić information content (AvgIpc) is 3.58. The van der Waals surface area contributed by atoms with Crippen LogP contribution in [-0.2, 0) is 14.8 Å². The highest BCUT2D eigenvalue weighted by molar-refractivity contribution is 7.89. The zero-order chi connectivity index (χ0) is 24.6. The number of furan rings is 1. The molecule has 1 N–H and O–H groups in total. The largest absolute Gasteiger partial charge is 0.442 e. The van der Waals surface area contributed by atoms with Crippen molar-refractivity contribution >= 4 is 21.6 Å². The first-order valence-electron chi connectivity index (χ1n) is 12.0. The van der Waals surface area contributed by atoms with Gasteiger partial charge in [0.05, 0.1) is 5.92 Å². The second kappa shape index (κ2) is 9.50. The summed E-state index contributed by atoms with van der Waals surface area (Å²) in [6.45, 7) is 7.63. The van der Waals surface area contributed by atoms with E-state index in [9.17, 15) is 13.2 Å². The molecular formula is C25H31N5O4S. The van der Waals surface area contributed by atoms with Crippen molar-refractivity contribution in [3.8, 4) is 11.5 Å². The first-order chi connectivity index (χ1) is 16.8. The fourth-order valence-electron chi connectivity index (χ4n) is 4.99. The van der Waals surface area contributed by atoms with Gasteiger partial charge < -0.3 is 14.2 Å². The third kappa shape index (κ3) is 4.60. The Morgan fingerprint density at radius 1 is 1.06 bits per heavy atom. The lowest BCUT2D eigenvalue weighted by molar-refractivity contribution is -0.137. The van der Waals surface area contributed by atoms with Crippen LogP contribution in [0.4, 0.5) is 5.69 Å². The molecule has 1 aromatic carbocycles. The van der Waals surface area contributed by atoms with Gasteiger partial charge in [0.15, 0.2) is 5.76 Å². The Morgan fingerprint density at radius 3 is 2.60 bits per heavy atom. The second-order valence-electron chi connectivity index (χ2n) is 9.32. The van der Waals surface area contributed by atoms with Crippen molar-refractivity contribution in [1.82, 2.24) is 19.4 Å². The van der Waals surface area contributed by atoms with Gasteiger partial charge >= 0.3 is 0 Å². The number of sulfonamides is 1. The molecule has 3 aromatic rings. The number of nitrogens with zero attached hydrogens (tertiary/aromatic N) is 4. The molecule has 0 spiro atoms. The minimum atomic E-state index is -3.83. The average molecular weight is 498 g/mol. The quantitative estimate of drug-likeness (QED) is 0.581. The van der Waals surface area contributed by atoms with Gasteiger partial charge in [0, 0.05) is 51.2 Å². The molecule has 4 heterocycles. The number of benzene rings is 1. The summed E-state index contributed by atoms with van der Waals surface area (Å²) in [5.74, 6) is 0.114. The first kappa shape index (κ1) is 23.6. The molecule has 10 heteroatoms. The first-order valence-corrected chi connectivity index (χ1v) is 13.5. The molecule has 35 heavy (non-hydrogen) atoms.